The largest absolute Gasteiger partial charge is 0.344 e. The molecular weight excluding hydrogens is 464 g/mol. The summed E-state index contributed by atoms with van der Waals surface area (Å²) in [6.07, 6.45) is -0.297. The monoisotopic (exact) mass is 491 g/mol. The van der Waals surface area contributed by atoms with Crippen LogP contribution in [0.4, 0.5) is 14.5 Å². The van der Waals surface area contributed by atoms with Crippen LogP contribution in [-0.4, -0.2) is 30.8 Å². The van der Waals surface area contributed by atoms with Gasteiger partial charge in [-0.3, -0.25) is 14.4 Å². The number of amides is 3. The highest BCUT2D eigenvalue weighted by Crippen LogP contribution is 2.39. The maximum atomic E-state index is 13.5. The highest BCUT2D eigenvalue weighted by Gasteiger charge is 2.35. The van der Waals surface area contributed by atoms with Crippen LogP contribution < -0.4 is 15.5 Å². The molecule has 3 aromatic rings. The van der Waals surface area contributed by atoms with Crippen LogP contribution in [0.15, 0.2) is 66.7 Å². The Bertz CT molecular complexity index is 1300. The Morgan fingerprint density at radius 1 is 0.944 bits per heavy atom. The molecule has 36 heavy (non-hydrogen) atoms. The zero-order valence-electron chi connectivity index (χ0n) is 20.2. The van der Waals surface area contributed by atoms with Gasteiger partial charge in [0, 0.05) is 18.7 Å². The Morgan fingerprint density at radius 3 is 2.22 bits per heavy atom. The van der Waals surface area contributed by atoms with Crippen LogP contribution in [0, 0.1) is 17.6 Å². The Labute approximate surface area is 208 Å². The van der Waals surface area contributed by atoms with Crippen LogP contribution in [0.3, 0.4) is 0 Å². The van der Waals surface area contributed by atoms with Crippen molar-refractivity contribution in [1.29, 1.82) is 0 Å². The lowest BCUT2D eigenvalue weighted by Crippen LogP contribution is -2.52. The van der Waals surface area contributed by atoms with Crippen molar-refractivity contribution < 1.29 is 23.2 Å². The first-order chi connectivity index (χ1) is 17.2. The van der Waals surface area contributed by atoms with Crippen molar-refractivity contribution in [2.75, 3.05) is 11.9 Å². The molecule has 0 bridgehead atoms. The molecule has 0 radical (unpaired) electrons. The maximum Gasteiger partial charge on any atom is 0.253 e. The number of carbonyl (C=O) groups excluding carboxylic acids is 3. The normalized spacial score (nSPS) is 15.6. The predicted octanol–water partition coefficient (Wildman–Crippen LogP) is 4.15. The van der Waals surface area contributed by atoms with E-state index in [0.29, 0.717) is 5.56 Å². The molecule has 0 saturated carbocycles. The average molecular weight is 492 g/mol. The summed E-state index contributed by atoms with van der Waals surface area (Å²) in [5.41, 5.74) is 3.23. The zero-order valence-corrected chi connectivity index (χ0v) is 20.2. The summed E-state index contributed by atoms with van der Waals surface area (Å²) in [5.74, 6) is -3.30. The molecule has 3 amide bonds. The third kappa shape index (κ3) is 5.12. The number of rotatable bonds is 6. The fourth-order valence-corrected chi connectivity index (χ4v) is 4.46. The smallest absolute Gasteiger partial charge is 0.253 e. The molecule has 1 heterocycles. The first-order valence-corrected chi connectivity index (χ1v) is 11.7. The third-order valence-electron chi connectivity index (χ3n) is 6.24. The lowest BCUT2D eigenvalue weighted by atomic mass is 9.94. The summed E-state index contributed by atoms with van der Waals surface area (Å²) in [5, 5.41) is 5.49. The molecule has 0 saturated heterocycles. The van der Waals surface area contributed by atoms with Gasteiger partial charge in [-0.2, -0.15) is 0 Å². The summed E-state index contributed by atoms with van der Waals surface area (Å²) < 4.78 is 27.0. The van der Waals surface area contributed by atoms with Gasteiger partial charge in [0.25, 0.3) is 5.91 Å². The summed E-state index contributed by atoms with van der Waals surface area (Å²) in [6, 6.07) is 15.8. The predicted molar refractivity (Wildman–Crippen MR) is 133 cm³/mol. The van der Waals surface area contributed by atoms with Gasteiger partial charge in [-0.15, -0.1) is 0 Å². The fourth-order valence-electron chi connectivity index (χ4n) is 4.46. The minimum absolute atomic E-state index is 0.153. The first kappa shape index (κ1) is 25.0. The van der Waals surface area contributed by atoms with E-state index >= 15 is 0 Å². The second-order valence-electron chi connectivity index (χ2n) is 9.19. The second-order valence-corrected chi connectivity index (χ2v) is 9.19. The lowest BCUT2D eigenvalue weighted by Gasteiger charge is -2.27. The molecule has 0 fully saturated rings. The van der Waals surface area contributed by atoms with Crippen LogP contribution in [0.1, 0.15) is 31.0 Å². The molecule has 1 aliphatic heterocycles. The molecule has 2 atom stereocenters. The van der Waals surface area contributed by atoms with E-state index in [-0.39, 0.29) is 23.8 Å². The number of anilines is 1. The third-order valence-corrected chi connectivity index (χ3v) is 6.24. The van der Waals surface area contributed by atoms with Crippen LogP contribution in [0.2, 0.25) is 0 Å². The van der Waals surface area contributed by atoms with E-state index < -0.39 is 35.5 Å². The minimum atomic E-state index is -0.971. The SMILES string of the molecule is CC(C)C(NC(=O)Cc1cc(F)cc(F)c1)C(=O)NC1C(=O)N(C)c2ccccc2-c2ccccc21. The Kier molecular flexibility index (Phi) is 7.15. The lowest BCUT2D eigenvalue weighted by molar-refractivity contribution is -0.132. The van der Waals surface area contributed by atoms with Gasteiger partial charge in [0.2, 0.25) is 11.8 Å². The summed E-state index contributed by atoms with van der Waals surface area (Å²) >= 11 is 0. The Morgan fingerprint density at radius 2 is 1.56 bits per heavy atom. The number of carbonyl (C=O) groups is 3. The number of nitrogens with one attached hydrogen (secondary N) is 2. The van der Waals surface area contributed by atoms with Gasteiger partial charge in [-0.25, -0.2) is 8.78 Å². The first-order valence-electron chi connectivity index (χ1n) is 11.7. The molecule has 0 aliphatic carbocycles. The standard InChI is InChI=1S/C28H27F2N3O3/c1-16(2)25(31-24(34)14-17-12-18(29)15-19(30)13-17)27(35)32-26-22-10-5-4-8-20(22)21-9-6-7-11-23(21)33(3)28(26)36/h4-13,15-16,25-26H,14H2,1-3H3,(H,31,34)(H,32,35). The highest BCUT2D eigenvalue weighted by atomic mass is 19.1. The molecule has 0 spiro atoms. The molecule has 4 rings (SSSR count). The van der Waals surface area contributed by atoms with Crippen molar-refractivity contribution in [3.8, 4) is 11.1 Å². The molecular formula is C28H27F2N3O3. The number of hydrogen-bond donors (Lipinski definition) is 2. The van der Waals surface area contributed by atoms with Crippen molar-refractivity contribution in [3.05, 3.63) is 89.5 Å². The van der Waals surface area contributed by atoms with Crippen molar-refractivity contribution in [2.45, 2.75) is 32.4 Å². The molecule has 186 valence electrons. The molecule has 8 heteroatoms. The van der Waals surface area contributed by atoms with E-state index in [4.69, 9.17) is 0 Å². The van der Waals surface area contributed by atoms with E-state index in [0.717, 1.165) is 35.0 Å². The van der Waals surface area contributed by atoms with Gasteiger partial charge in [0.1, 0.15) is 23.7 Å². The Hall–Kier alpha value is -4.07. The number of likely N-dealkylation sites (N-methyl/N-ethyl adjacent to an activating group) is 1. The molecule has 6 nitrogen and oxygen atoms in total. The fraction of sp³-hybridized carbons (Fsp3) is 0.250. The van der Waals surface area contributed by atoms with Gasteiger partial charge >= 0.3 is 0 Å². The Balaban J connectivity index is 1.58. The van der Waals surface area contributed by atoms with E-state index in [1.807, 2.05) is 36.4 Å². The minimum Gasteiger partial charge on any atom is -0.344 e. The molecule has 1 aliphatic rings. The maximum absolute atomic E-state index is 13.5. The van der Waals surface area contributed by atoms with Crippen LogP contribution in [0.5, 0.6) is 0 Å². The van der Waals surface area contributed by atoms with Crippen molar-refractivity contribution in [3.63, 3.8) is 0 Å². The van der Waals surface area contributed by atoms with Gasteiger partial charge in [-0.1, -0.05) is 56.3 Å². The van der Waals surface area contributed by atoms with E-state index in [1.54, 1.807) is 33.0 Å². The molecule has 2 N–H and O–H groups in total. The summed E-state index contributed by atoms with van der Waals surface area (Å²) in [7, 11) is 1.66. The van der Waals surface area contributed by atoms with Gasteiger partial charge in [0.15, 0.2) is 0 Å². The van der Waals surface area contributed by atoms with Crippen LogP contribution >= 0.6 is 0 Å². The van der Waals surface area contributed by atoms with Gasteiger partial charge < -0.3 is 15.5 Å². The van der Waals surface area contributed by atoms with Crippen molar-refractivity contribution in [1.82, 2.24) is 10.6 Å². The molecule has 3 aromatic carbocycles. The van der Waals surface area contributed by atoms with Crippen LogP contribution in [0.25, 0.3) is 11.1 Å². The number of fused-ring (bicyclic) bond motifs is 3. The van der Waals surface area contributed by atoms with E-state index in [9.17, 15) is 23.2 Å². The van der Waals surface area contributed by atoms with Crippen molar-refractivity contribution >= 4 is 23.4 Å². The van der Waals surface area contributed by atoms with Crippen molar-refractivity contribution in [2.24, 2.45) is 5.92 Å². The highest BCUT2D eigenvalue weighted by molar-refractivity contribution is 6.06. The summed E-state index contributed by atoms with van der Waals surface area (Å²) in [4.78, 5) is 41.0. The van der Waals surface area contributed by atoms with Gasteiger partial charge in [-0.05, 0) is 40.8 Å². The van der Waals surface area contributed by atoms with E-state index in [2.05, 4.69) is 10.6 Å². The average Bonchev–Trinajstić information content (AvgIpc) is 2.91. The topological polar surface area (TPSA) is 78.5 Å². The number of para-hydroxylation sites is 1. The molecule has 0 aromatic heterocycles. The molecule has 2 unspecified atom stereocenters. The van der Waals surface area contributed by atoms with E-state index in [1.165, 1.54) is 4.90 Å². The van der Waals surface area contributed by atoms with Gasteiger partial charge in [0.05, 0.1) is 12.1 Å². The second kappa shape index (κ2) is 10.3. The number of benzene rings is 3. The number of nitrogens with zero attached hydrogens (tertiary/aromatic N) is 1. The summed E-state index contributed by atoms with van der Waals surface area (Å²) in [6.45, 7) is 3.52. The number of hydrogen-bond acceptors (Lipinski definition) is 3. The quantitative estimate of drug-likeness (QED) is 0.544. The number of halogens is 2. The zero-order chi connectivity index (χ0) is 26.0. The van der Waals surface area contributed by atoms with Crippen LogP contribution in [-0.2, 0) is 20.8 Å².